The standard InChI is InChI=1S/C10H13NO2S/c1-14-8-4-2-7(3-5-8)10(13)9(11)6-12/h2-5,9,12H,6,11H2,1H3. The van der Waals surface area contributed by atoms with Crippen molar-refractivity contribution in [2.75, 3.05) is 12.9 Å². The maximum Gasteiger partial charge on any atom is 0.181 e. The lowest BCUT2D eigenvalue weighted by Gasteiger charge is -2.06. The van der Waals surface area contributed by atoms with Crippen LogP contribution >= 0.6 is 11.8 Å². The van der Waals surface area contributed by atoms with Gasteiger partial charge in [0.15, 0.2) is 5.78 Å². The predicted octanol–water partition coefficient (Wildman–Crippen LogP) is 0.911. The first-order chi connectivity index (χ1) is 6.69. The summed E-state index contributed by atoms with van der Waals surface area (Å²) in [6.45, 7) is -0.316. The quantitative estimate of drug-likeness (QED) is 0.574. The van der Waals surface area contributed by atoms with Crippen molar-refractivity contribution in [2.24, 2.45) is 5.73 Å². The molecular weight excluding hydrogens is 198 g/mol. The third-order valence-electron chi connectivity index (χ3n) is 1.91. The number of hydrogen-bond acceptors (Lipinski definition) is 4. The summed E-state index contributed by atoms with van der Waals surface area (Å²) in [5.74, 6) is -0.222. The van der Waals surface area contributed by atoms with Gasteiger partial charge in [0.05, 0.1) is 12.6 Å². The predicted molar refractivity (Wildman–Crippen MR) is 57.6 cm³/mol. The lowest BCUT2D eigenvalue weighted by atomic mass is 10.1. The number of carbonyl (C=O) groups is 1. The van der Waals surface area contributed by atoms with Gasteiger partial charge >= 0.3 is 0 Å². The van der Waals surface area contributed by atoms with Crippen molar-refractivity contribution in [1.82, 2.24) is 0 Å². The maximum atomic E-state index is 11.5. The minimum Gasteiger partial charge on any atom is -0.394 e. The molecule has 0 spiro atoms. The summed E-state index contributed by atoms with van der Waals surface area (Å²) in [5, 5.41) is 8.72. The summed E-state index contributed by atoms with van der Waals surface area (Å²) in [5.41, 5.74) is 5.96. The van der Waals surface area contributed by atoms with Crippen molar-refractivity contribution in [1.29, 1.82) is 0 Å². The number of thioether (sulfide) groups is 1. The summed E-state index contributed by atoms with van der Waals surface area (Å²) in [6.07, 6.45) is 1.97. The Balaban J connectivity index is 2.81. The third kappa shape index (κ3) is 2.57. The first-order valence-electron chi connectivity index (χ1n) is 4.23. The van der Waals surface area contributed by atoms with Gasteiger partial charge in [-0.25, -0.2) is 0 Å². The highest BCUT2D eigenvalue weighted by atomic mass is 32.2. The molecule has 0 aromatic heterocycles. The summed E-state index contributed by atoms with van der Waals surface area (Å²) >= 11 is 1.61. The molecule has 1 unspecified atom stereocenters. The van der Waals surface area contributed by atoms with Gasteiger partial charge in [-0.1, -0.05) is 12.1 Å². The Hall–Kier alpha value is -0.840. The van der Waals surface area contributed by atoms with Crippen molar-refractivity contribution in [3.63, 3.8) is 0 Å². The molecule has 76 valence electrons. The zero-order valence-electron chi connectivity index (χ0n) is 7.93. The van der Waals surface area contributed by atoms with Crippen LogP contribution in [0.2, 0.25) is 0 Å². The van der Waals surface area contributed by atoms with E-state index in [-0.39, 0.29) is 12.4 Å². The van der Waals surface area contributed by atoms with Crippen LogP contribution in [0.25, 0.3) is 0 Å². The van der Waals surface area contributed by atoms with Gasteiger partial charge in [0.2, 0.25) is 0 Å². The van der Waals surface area contributed by atoms with E-state index >= 15 is 0 Å². The minimum atomic E-state index is -0.810. The fourth-order valence-electron chi connectivity index (χ4n) is 1.05. The monoisotopic (exact) mass is 211 g/mol. The van der Waals surface area contributed by atoms with Crippen molar-refractivity contribution < 1.29 is 9.90 Å². The molecule has 1 aromatic carbocycles. The largest absolute Gasteiger partial charge is 0.394 e. The van der Waals surface area contributed by atoms with Crippen molar-refractivity contribution in [3.8, 4) is 0 Å². The Bertz CT molecular complexity index is 310. The number of nitrogens with two attached hydrogens (primary N) is 1. The highest BCUT2D eigenvalue weighted by molar-refractivity contribution is 7.98. The van der Waals surface area contributed by atoms with Crippen molar-refractivity contribution >= 4 is 17.5 Å². The molecule has 3 nitrogen and oxygen atoms in total. The van der Waals surface area contributed by atoms with Crippen LogP contribution in [0.15, 0.2) is 29.2 Å². The second-order valence-electron chi connectivity index (χ2n) is 2.88. The number of hydrogen-bond donors (Lipinski definition) is 2. The molecule has 0 aliphatic heterocycles. The number of aliphatic hydroxyl groups is 1. The number of benzene rings is 1. The number of aliphatic hydroxyl groups excluding tert-OH is 1. The summed E-state index contributed by atoms with van der Waals surface area (Å²) in [6, 6.07) is 6.37. The van der Waals surface area contributed by atoms with Gasteiger partial charge in [0, 0.05) is 10.5 Å². The van der Waals surface area contributed by atoms with E-state index in [4.69, 9.17) is 10.8 Å². The molecule has 0 aliphatic rings. The molecule has 14 heavy (non-hydrogen) atoms. The molecule has 0 fully saturated rings. The van der Waals surface area contributed by atoms with E-state index in [2.05, 4.69) is 0 Å². The molecular formula is C10H13NO2S. The molecule has 0 saturated heterocycles. The molecule has 0 aliphatic carbocycles. The molecule has 0 radical (unpaired) electrons. The fraction of sp³-hybridized carbons (Fsp3) is 0.300. The molecule has 0 heterocycles. The van der Waals surface area contributed by atoms with Crippen LogP contribution in [0.4, 0.5) is 0 Å². The zero-order chi connectivity index (χ0) is 10.6. The normalized spacial score (nSPS) is 12.5. The van der Waals surface area contributed by atoms with Crippen molar-refractivity contribution in [3.05, 3.63) is 29.8 Å². The molecule has 1 aromatic rings. The lowest BCUT2D eigenvalue weighted by Crippen LogP contribution is -2.33. The van der Waals surface area contributed by atoms with Gasteiger partial charge in [0.1, 0.15) is 0 Å². The molecule has 1 atom stereocenters. The van der Waals surface area contributed by atoms with Gasteiger partial charge in [0.25, 0.3) is 0 Å². The molecule has 3 N–H and O–H groups in total. The van der Waals surface area contributed by atoms with Gasteiger partial charge in [-0.05, 0) is 18.4 Å². The van der Waals surface area contributed by atoms with E-state index in [1.54, 1.807) is 23.9 Å². The van der Waals surface area contributed by atoms with Crippen molar-refractivity contribution in [2.45, 2.75) is 10.9 Å². The van der Waals surface area contributed by atoms with Gasteiger partial charge < -0.3 is 10.8 Å². The zero-order valence-corrected chi connectivity index (χ0v) is 8.75. The topological polar surface area (TPSA) is 63.3 Å². The number of carbonyl (C=O) groups excluding carboxylic acids is 1. The van der Waals surface area contributed by atoms with Crippen LogP contribution in [0.3, 0.4) is 0 Å². The SMILES string of the molecule is CSc1ccc(C(=O)C(N)CO)cc1. The second kappa shape index (κ2) is 5.14. The summed E-state index contributed by atoms with van der Waals surface area (Å²) in [4.78, 5) is 12.6. The van der Waals surface area contributed by atoms with Crippen LogP contribution in [0.1, 0.15) is 10.4 Å². The number of ketones is 1. The van der Waals surface area contributed by atoms with Gasteiger partial charge in [-0.15, -0.1) is 11.8 Å². The Labute approximate surface area is 87.3 Å². The minimum absolute atomic E-state index is 0.222. The molecule has 0 amide bonds. The summed E-state index contributed by atoms with van der Waals surface area (Å²) < 4.78 is 0. The number of Topliss-reactive ketones (excluding diaryl/α,β-unsaturated/α-hetero) is 1. The van der Waals surface area contributed by atoms with E-state index in [0.29, 0.717) is 5.56 Å². The van der Waals surface area contributed by atoms with E-state index in [0.717, 1.165) is 4.90 Å². The average Bonchev–Trinajstić information content (AvgIpc) is 2.27. The molecule has 0 bridgehead atoms. The van der Waals surface area contributed by atoms with Crippen LogP contribution in [0.5, 0.6) is 0 Å². The van der Waals surface area contributed by atoms with E-state index in [1.807, 2.05) is 18.4 Å². The highest BCUT2D eigenvalue weighted by Crippen LogP contribution is 2.15. The Morgan fingerprint density at radius 2 is 2.07 bits per heavy atom. The molecule has 0 saturated carbocycles. The second-order valence-corrected chi connectivity index (χ2v) is 3.76. The molecule has 1 rings (SSSR count). The Morgan fingerprint density at radius 3 is 2.50 bits per heavy atom. The van der Waals surface area contributed by atoms with E-state index < -0.39 is 6.04 Å². The Kier molecular flexibility index (Phi) is 4.13. The molecule has 4 heteroatoms. The Morgan fingerprint density at radius 1 is 1.50 bits per heavy atom. The maximum absolute atomic E-state index is 11.5. The fourth-order valence-corrected chi connectivity index (χ4v) is 1.46. The van der Waals surface area contributed by atoms with Crippen LogP contribution in [-0.4, -0.2) is 29.8 Å². The van der Waals surface area contributed by atoms with E-state index in [1.165, 1.54) is 0 Å². The van der Waals surface area contributed by atoms with Gasteiger partial charge in [-0.3, -0.25) is 4.79 Å². The van der Waals surface area contributed by atoms with Gasteiger partial charge in [-0.2, -0.15) is 0 Å². The summed E-state index contributed by atoms with van der Waals surface area (Å²) in [7, 11) is 0. The van der Waals surface area contributed by atoms with Crippen LogP contribution in [-0.2, 0) is 0 Å². The van der Waals surface area contributed by atoms with E-state index in [9.17, 15) is 4.79 Å². The lowest BCUT2D eigenvalue weighted by molar-refractivity contribution is 0.0925. The first kappa shape index (κ1) is 11.2. The highest BCUT2D eigenvalue weighted by Gasteiger charge is 2.13. The first-order valence-corrected chi connectivity index (χ1v) is 5.46. The number of rotatable bonds is 4. The van der Waals surface area contributed by atoms with Crippen LogP contribution in [0, 0.1) is 0 Å². The average molecular weight is 211 g/mol. The van der Waals surface area contributed by atoms with Crippen LogP contribution < -0.4 is 5.73 Å². The smallest absolute Gasteiger partial charge is 0.181 e. The third-order valence-corrected chi connectivity index (χ3v) is 2.65.